The summed E-state index contributed by atoms with van der Waals surface area (Å²) >= 11 is 0. The number of benzene rings is 1. The van der Waals surface area contributed by atoms with Gasteiger partial charge in [0.25, 0.3) is 5.91 Å². The van der Waals surface area contributed by atoms with E-state index in [1.54, 1.807) is 24.4 Å². The molecule has 7 heteroatoms. The fourth-order valence-corrected chi connectivity index (χ4v) is 2.95. The van der Waals surface area contributed by atoms with Crippen LogP contribution in [0.25, 0.3) is 0 Å². The third kappa shape index (κ3) is 3.79. The molecule has 1 unspecified atom stereocenters. The highest BCUT2D eigenvalue weighted by Crippen LogP contribution is 2.19. The third-order valence-electron chi connectivity index (χ3n) is 4.41. The molecule has 128 valence electrons. The smallest absolute Gasteiger partial charge is 0.273 e. The van der Waals surface area contributed by atoms with E-state index in [0.29, 0.717) is 12.1 Å². The first-order valence-electron chi connectivity index (χ1n) is 8.32. The third-order valence-corrected chi connectivity index (χ3v) is 4.41. The monoisotopic (exact) mass is 331 g/mol. The largest absolute Gasteiger partial charge is 0.349 e. The molecule has 1 N–H and O–H groups in total. The molecule has 1 aromatic heterocycles. The van der Waals surface area contributed by atoms with E-state index < -0.39 is 0 Å². The van der Waals surface area contributed by atoms with E-state index in [1.807, 2.05) is 6.92 Å². The van der Waals surface area contributed by atoms with Crippen LogP contribution >= 0.6 is 0 Å². The molecule has 0 radical (unpaired) electrons. The Bertz CT molecular complexity index is 696. The Kier molecular flexibility index (Phi) is 5.20. The molecule has 0 bridgehead atoms. The van der Waals surface area contributed by atoms with E-state index in [4.69, 9.17) is 0 Å². The van der Waals surface area contributed by atoms with Crippen molar-refractivity contribution in [3.63, 3.8) is 0 Å². The van der Waals surface area contributed by atoms with Crippen LogP contribution in [0.2, 0.25) is 0 Å². The Labute approximate surface area is 140 Å². The number of nitrogens with zero attached hydrogens (tertiary/aromatic N) is 4. The van der Waals surface area contributed by atoms with Crippen molar-refractivity contribution in [1.29, 1.82) is 0 Å². The highest BCUT2D eigenvalue weighted by molar-refractivity contribution is 5.91. The molecule has 1 fully saturated rings. The molecular formula is C17H22FN5O. The minimum atomic E-state index is -0.329. The van der Waals surface area contributed by atoms with E-state index in [-0.39, 0.29) is 23.5 Å². The van der Waals surface area contributed by atoms with E-state index in [1.165, 1.54) is 23.6 Å². The van der Waals surface area contributed by atoms with Gasteiger partial charge in [0.1, 0.15) is 5.82 Å². The lowest BCUT2D eigenvalue weighted by atomic mass is 10.1. The summed E-state index contributed by atoms with van der Waals surface area (Å²) in [7, 11) is 0. The van der Waals surface area contributed by atoms with Gasteiger partial charge in [0.15, 0.2) is 5.69 Å². The predicted molar refractivity (Wildman–Crippen MR) is 88.2 cm³/mol. The van der Waals surface area contributed by atoms with Crippen LogP contribution in [-0.2, 0) is 0 Å². The van der Waals surface area contributed by atoms with Gasteiger partial charge >= 0.3 is 0 Å². The van der Waals surface area contributed by atoms with Gasteiger partial charge in [0, 0.05) is 18.7 Å². The van der Waals surface area contributed by atoms with Crippen molar-refractivity contribution in [3.8, 4) is 0 Å². The number of rotatable bonds is 6. The maximum atomic E-state index is 13.9. The van der Waals surface area contributed by atoms with Crippen LogP contribution in [0.4, 0.5) is 4.39 Å². The lowest BCUT2D eigenvalue weighted by molar-refractivity contribution is 0.0944. The van der Waals surface area contributed by atoms with Gasteiger partial charge in [-0.05, 0) is 38.9 Å². The molecule has 0 spiro atoms. The van der Waals surface area contributed by atoms with Crippen molar-refractivity contribution in [2.75, 3.05) is 26.2 Å². The van der Waals surface area contributed by atoms with Crippen LogP contribution in [0.1, 0.15) is 41.9 Å². The summed E-state index contributed by atoms with van der Waals surface area (Å²) in [6.07, 6.45) is 4.02. The number of aromatic nitrogens is 3. The number of hydrogen-bond donors (Lipinski definition) is 1. The Morgan fingerprint density at radius 3 is 2.83 bits per heavy atom. The Morgan fingerprint density at radius 1 is 1.33 bits per heavy atom. The molecule has 2 aromatic rings. The number of hydrogen-bond acceptors (Lipinski definition) is 4. The number of nitrogens with one attached hydrogen (secondary N) is 1. The molecule has 1 aliphatic rings. The Balaban J connectivity index is 1.58. The highest BCUT2D eigenvalue weighted by Gasteiger charge is 2.17. The summed E-state index contributed by atoms with van der Waals surface area (Å²) in [5.41, 5.74) is 0.767. The molecule has 1 aliphatic heterocycles. The summed E-state index contributed by atoms with van der Waals surface area (Å²) < 4.78 is 15.4. The summed E-state index contributed by atoms with van der Waals surface area (Å²) in [5.74, 6) is -0.543. The molecule has 2 heterocycles. The van der Waals surface area contributed by atoms with Crippen molar-refractivity contribution in [1.82, 2.24) is 25.2 Å². The second kappa shape index (κ2) is 7.53. The van der Waals surface area contributed by atoms with Gasteiger partial charge in [-0.3, -0.25) is 4.79 Å². The van der Waals surface area contributed by atoms with Gasteiger partial charge in [-0.2, -0.15) is 0 Å². The summed E-state index contributed by atoms with van der Waals surface area (Å²) in [6, 6.07) is 6.21. The van der Waals surface area contributed by atoms with Crippen molar-refractivity contribution in [3.05, 3.63) is 47.5 Å². The Hall–Kier alpha value is -2.28. The van der Waals surface area contributed by atoms with E-state index in [2.05, 4.69) is 20.5 Å². The van der Waals surface area contributed by atoms with Crippen molar-refractivity contribution < 1.29 is 9.18 Å². The lowest BCUT2D eigenvalue weighted by Crippen LogP contribution is -2.33. The zero-order chi connectivity index (χ0) is 16.9. The first kappa shape index (κ1) is 16.6. The standard InChI is InChI=1S/C17H22FN5O/c1-13(14-6-2-3-7-15(14)18)23-12-16(20-21-23)17(24)19-8-11-22-9-4-5-10-22/h2-3,6-7,12-13H,4-5,8-11H2,1H3,(H,19,24). The molecular weight excluding hydrogens is 309 g/mol. The van der Waals surface area contributed by atoms with Gasteiger partial charge in [-0.1, -0.05) is 23.4 Å². The number of carbonyl (C=O) groups is 1. The van der Waals surface area contributed by atoms with Crippen LogP contribution < -0.4 is 5.32 Å². The molecule has 0 aliphatic carbocycles. The number of carbonyl (C=O) groups excluding carboxylic acids is 1. The summed E-state index contributed by atoms with van der Waals surface area (Å²) in [4.78, 5) is 14.5. The minimum absolute atomic E-state index is 0.249. The maximum Gasteiger partial charge on any atom is 0.273 e. The first-order valence-corrected chi connectivity index (χ1v) is 8.32. The van der Waals surface area contributed by atoms with Crippen LogP contribution in [-0.4, -0.2) is 52.0 Å². The van der Waals surface area contributed by atoms with Crippen LogP contribution in [0.3, 0.4) is 0 Å². The second-order valence-electron chi connectivity index (χ2n) is 6.09. The van der Waals surface area contributed by atoms with Crippen molar-refractivity contribution in [2.24, 2.45) is 0 Å². The van der Waals surface area contributed by atoms with Gasteiger partial charge in [0.2, 0.25) is 0 Å². The molecule has 1 saturated heterocycles. The second-order valence-corrected chi connectivity index (χ2v) is 6.09. The minimum Gasteiger partial charge on any atom is -0.349 e. The molecule has 1 atom stereocenters. The Morgan fingerprint density at radius 2 is 2.08 bits per heavy atom. The van der Waals surface area contributed by atoms with E-state index in [0.717, 1.165) is 19.6 Å². The predicted octanol–water partition coefficient (Wildman–Crippen LogP) is 1.85. The fourth-order valence-electron chi connectivity index (χ4n) is 2.95. The molecule has 3 rings (SSSR count). The molecule has 6 nitrogen and oxygen atoms in total. The van der Waals surface area contributed by atoms with Gasteiger partial charge in [0.05, 0.1) is 12.2 Å². The number of amides is 1. The first-order chi connectivity index (χ1) is 11.6. The lowest BCUT2D eigenvalue weighted by Gasteiger charge is -2.14. The zero-order valence-corrected chi connectivity index (χ0v) is 13.8. The van der Waals surface area contributed by atoms with E-state index >= 15 is 0 Å². The van der Waals surface area contributed by atoms with Gasteiger partial charge in [-0.25, -0.2) is 9.07 Å². The highest BCUT2D eigenvalue weighted by atomic mass is 19.1. The fraction of sp³-hybridized carbons (Fsp3) is 0.471. The number of likely N-dealkylation sites (tertiary alicyclic amines) is 1. The van der Waals surface area contributed by atoms with E-state index in [9.17, 15) is 9.18 Å². The van der Waals surface area contributed by atoms with Crippen molar-refractivity contribution in [2.45, 2.75) is 25.8 Å². The molecule has 24 heavy (non-hydrogen) atoms. The zero-order valence-electron chi connectivity index (χ0n) is 13.8. The SMILES string of the molecule is CC(c1ccccc1F)n1cc(C(=O)NCCN2CCCC2)nn1. The normalized spacial score (nSPS) is 16.2. The van der Waals surface area contributed by atoms with Crippen LogP contribution in [0.15, 0.2) is 30.5 Å². The molecule has 1 amide bonds. The summed E-state index contributed by atoms with van der Waals surface area (Å²) in [6.45, 7) is 5.47. The number of halogens is 1. The van der Waals surface area contributed by atoms with Gasteiger partial charge in [-0.15, -0.1) is 5.10 Å². The van der Waals surface area contributed by atoms with Crippen LogP contribution in [0.5, 0.6) is 0 Å². The average molecular weight is 331 g/mol. The average Bonchev–Trinajstić information content (AvgIpc) is 3.26. The molecule has 1 aromatic carbocycles. The maximum absolute atomic E-state index is 13.9. The molecule has 0 saturated carbocycles. The quantitative estimate of drug-likeness (QED) is 0.877. The van der Waals surface area contributed by atoms with Crippen LogP contribution in [0, 0.1) is 5.82 Å². The van der Waals surface area contributed by atoms with Gasteiger partial charge < -0.3 is 10.2 Å². The summed E-state index contributed by atoms with van der Waals surface area (Å²) in [5, 5.41) is 10.7. The topological polar surface area (TPSA) is 63.1 Å². The van der Waals surface area contributed by atoms with Crippen molar-refractivity contribution >= 4 is 5.91 Å².